The monoisotopic (exact) mass is 467 g/mol. The normalized spacial score (nSPS) is 12.7. The number of aromatic hydroxyl groups is 1. The predicted molar refractivity (Wildman–Crippen MR) is 132 cm³/mol. The van der Waals surface area contributed by atoms with Crippen LogP contribution in [0.25, 0.3) is 0 Å². The highest BCUT2D eigenvalue weighted by molar-refractivity contribution is 7.90. The Morgan fingerprint density at radius 2 is 1.39 bits per heavy atom. The van der Waals surface area contributed by atoms with Gasteiger partial charge >= 0.3 is 0 Å². The molecule has 0 aliphatic carbocycles. The van der Waals surface area contributed by atoms with Gasteiger partial charge in [-0.15, -0.1) is 0 Å². The molecule has 3 rings (SSSR count). The standard InChI is InChI=1S/C27H33NO4S/c1-8-20-14-19(17-28(20)33(31,32)21-12-10-9-11-13-21)24(29)18-15-22(26(2,3)4)25(30)23(16-18)27(5,6)7/h9-17,30H,8H2,1-7H3. The minimum absolute atomic E-state index is 0.170. The zero-order valence-electron chi connectivity index (χ0n) is 20.4. The molecule has 5 nitrogen and oxygen atoms in total. The molecule has 176 valence electrons. The summed E-state index contributed by atoms with van der Waals surface area (Å²) in [7, 11) is -3.82. The van der Waals surface area contributed by atoms with E-state index in [9.17, 15) is 18.3 Å². The van der Waals surface area contributed by atoms with Crippen molar-refractivity contribution >= 4 is 15.8 Å². The van der Waals surface area contributed by atoms with Gasteiger partial charge in [0.1, 0.15) is 5.75 Å². The maximum atomic E-state index is 13.6. The van der Waals surface area contributed by atoms with Crippen molar-refractivity contribution in [3.8, 4) is 5.75 Å². The number of carbonyl (C=O) groups is 1. The van der Waals surface area contributed by atoms with Crippen LogP contribution in [0.3, 0.4) is 0 Å². The fourth-order valence-corrected chi connectivity index (χ4v) is 5.35. The van der Waals surface area contributed by atoms with Gasteiger partial charge in [0.15, 0.2) is 5.78 Å². The molecule has 0 unspecified atom stereocenters. The van der Waals surface area contributed by atoms with E-state index in [-0.39, 0.29) is 27.3 Å². The van der Waals surface area contributed by atoms with Gasteiger partial charge in [0, 0.05) is 34.1 Å². The van der Waals surface area contributed by atoms with E-state index in [2.05, 4.69) is 0 Å². The van der Waals surface area contributed by atoms with Crippen molar-refractivity contribution < 1.29 is 18.3 Å². The van der Waals surface area contributed by atoms with Crippen LogP contribution in [0.1, 0.15) is 81.2 Å². The van der Waals surface area contributed by atoms with Gasteiger partial charge in [-0.2, -0.15) is 0 Å². The van der Waals surface area contributed by atoms with E-state index in [0.717, 1.165) is 0 Å². The predicted octanol–water partition coefficient (Wildman–Crippen LogP) is 5.82. The van der Waals surface area contributed by atoms with Gasteiger partial charge in [-0.3, -0.25) is 4.79 Å². The van der Waals surface area contributed by atoms with Gasteiger partial charge in [0.2, 0.25) is 0 Å². The number of ketones is 1. The van der Waals surface area contributed by atoms with Crippen molar-refractivity contribution in [1.29, 1.82) is 0 Å². The Kier molecular flexibility index (Phi) is 6.37. The van der Waals surface area contributed by atoms with Crippen molar-refractivity contribution in [3.05, 3.63) is 82.7 Å². The first-order chi connectivity index (χ1) is 15.2. The van der Waals surface area contributed by atoms with Crippen LogP contribution in [-0.4, -0.2) is 23.3 Å². The first kappa shape index (κ1) is 24.8. The van der Waals surface area contributed by atoms with Gasteiger partial charge in [-0.05, 0) is 47.6 Å². The van der Waals surface area contributed by atoms with Crippen molar-refractivity contribution in [2.45, 2.75) is 70.6 Å². The van der Waals surface area contributed by atoms with E-state index in [1.54, 1.807) is 48.5 Å². The molecule has 33 heavy (non-hydrogen) atoms. The minimum Gasteiger partial charge on any atom is -0.507 e. The van der Waals surface area contributed by atoms with Crippen molar-refractivity contribution in [2.75, 3.05) is 0 Å². The number of phenolic OH excluding ortho intramolecular Hbond substituents is 1. The quantitative estimate of drug-likeness (QED) is 0.480. The number of aryl methyl sites for hydroxylation is 1. The summed E-state index contributed by atoms with van der Waals surface area (Å²) in [6.07, 6.45) is 1.86. The van der Waals surface area contributed by atoms with Gasteiger partial charge in [0.25, 0.3) is 10.0 Å². The lowest BCUT2D eigenvalue weighted by Crippen LogP contribution is -2.19. The topological polar surface area (TPSA) is 76.4 Å². The summed E-state index contributed by atoms with van der Waals surface area (Å²) in [5, 5.41) is 11.0. The van der Waals surface area contributed by atoms with Crippen LogP contribution < -0.4 is 0 Å². The molecule has 0 atom stereocenters. The largest absolute Gasteiger partial charge is 0.507 e. The maximum Gasteiger partial charge on any atom is 0.267 e. The zero-order chi connectivity index (χ0) is 24.8. The summed E-state index contributed by atoms with van der Waals surface area (Å²) in [4.78, 5) is 13.7. The fourth-order valence-electron chi connectivity index (χ4n) is 3.88. The molecule has 0 aliphatic rings. The average Bonchev–Trinajstić information content (AvgIpc) is 3.17. The molecule has 6 heteroatoms. The van der Waals surface area contributed by atoms with Crippen LogP contribution in [0.2, 0.25) is 0 Å². The third-order valence-corrected chi connectivity index (χ3v) is 7.50. The van der Waals surface area contributed by atoms with Crippen LogP contribution in [0, 0.1) is 0 Å². The van der Waals surface area contributed by atoms with Crippen molar-refractivity contribution in [1.82, 2.24) is 3.97 Å². The molecular formula is C27H33NO4S. The van der Waals surface area contributed by atoms with E-state index in [0.29, 0.717) is 34.4 Å². The number of nitrogens with zero attached hydrogens (tertiary/aromatic N) is 1. The van der Waals surface area contributed by atoms with Crippen molar-refractivity contribution in [2.24, 2.45) is 0 Å². The van der Waals surface area contributed by atoms with Gasteiger partial charge in [-0.1, -0.05) is 66.7 Å². The summed E-state index contributed by atoms with van der Waals surface area (Å²) < 4.78 is 27.6. The Labute approximate surface area is 197 Å². The van der Waals surface area contributed by atoms with Crippen molar-refractivity contribution in [3.63, 3.8) is 0 Å². The third kappa shape index (κ3) is 4.76. The summed E-state index contributed by atoms with van der Waals surface area (Å²) in [6, 6.07) is 13.3. The number of hydrogen-bond donors (Lipinski definition) is 1. The lowest BCUT2D eigenvalue weighted by atomic mass is 9.78. The summed E-state index contributed by atoms with van der Waals surface area (Å²) in [6.45, 7) is 13.8. The Balaban J connectivity index is 2.18. The second-order valence-corrected chi connectivity index (χ2v) is 12.3. The first-order valence-electron chi connectivity index (χ1n) is 11.1. The molecule has 3 aromatic rings. The molecule has 0 saturated heterocycles. The van der Waals surface area contributed by atoms with Crippen LogP contribution in [0.5, 0.6) is 5.75 Å². The molecule has 0 fully saturated rings. The van der Waals surface area contributed by atoms with Crippen LogP contribution in [0.4, 0.5) is 0 Å². The Hall–Kier alpha value is -2.86. The highest BCUT2D eigenvalue weighted by Gasteiger charge is 2.29. The Morgan fingerprint density at radius 1 is 0.879 bits per heavy atom. The second-order valence-electron chi connectivity index (χ2n) is 10.4. The lowest BCUT2D eigenvalue weighted by Gasteiger charge is -2.28. The number of hydrogen-bond acceptors (Lipinski definition) is 4. The molecule has 1 aromatic heterocycles. The van der Waals surface area contributed by atoms with Gasteiger partial charge in [0.05, 0.1) is 4.90 Å². The van der Waals surface area contributed by atoms with Gasteiger partial charge < -0.3 is 5.11 Å². The third-order valence-electron chi connectivity index (χ3n) is 5.77. The maximum absolute atomic E-state index is 13.6. The number of aromatic nitrogens is 1. The fraction of sp³-hybridized carbons (Fsp3) is 0.370. The number of benzene rings is 2. The first-order valence-corrected chi connectivity index (χ1v) is 12.6. The molecule has 0 aliphatic heterocycles. The molecule has 2 aromatic carbocycles. The van der Waals surface area contributed by atoms with E-state index in [1.807, 2.05) is 48.5 Å². The molecule has 0 bridgehead atoms. The second kappa shape index (κ2) is 8.49. The number of carbonyl (C=O) groups excluding carboxylic acids is 1. The highest BCUT2D eigenvalue weighted by atomic mass is 32.2. The van der Waals surface area contributed by atoms with Crippen LogP contribution in [-0.2, 0) is 27.3 Å². The molecule has 0 radical (unpaired) electrons. The summed E-state index contributed by atoms with van der Waals surface area (Å²) in [5.41, 5.74) is 1.88. The summed E-state index contributed by atoms with van der Waals surface area (Å²) >= 11 is 0. The summed E-state index contributed by atoms with van der Waals surface area (Å²) in [5.74, 6) is -0.0762. The van der Waals surface area contributed by atoms with Crippen LogP contribution >= 0.6 is 0 Å². The van der Waals surface area contributed by atoms with E-state index >= 15 is 0 Å². The van der Waals surface area contributed by atoms with E-state index in [4.69, 9.17) is 0 Å². The molecule has 1 heterocycles. The number of rotatable bonds is 5. The molecule has 0 saturated carbocycles. The van der Waals surface area contributed by atoms with Gasteiger partial charge in [-0.25, -0.2) is 12.4 Å². The smallest absolute Gasteiger partial charge is 0.267 e. The van der Waals surface area contributed by atoms with E-state index in [1.165, 1.54) is 10.2 Å². The Morgan fingerprint density at radius 3 is 1.85 bits per heavy atom. The molecule has 0 spiro atoms. The lowest BCUT2D eigenvalue weighted by molar-refractivity contribution is 0.103. The van der Waals surface area contributed by atoms with E-state index < -0.39 is 10.0 Å². The van der Waals surface area contributed by atoms with Crippen LogP contribution in [0.15, 0.2) is 59.6 Å². The Bertz CT molecular complexity index is 1250. The minimum atomic E-state index is -3.82. The zero-order valence-corrected chi connectivity index (χ0v) is 21.2. The molecule has 0 amide bonds. The SMILES string of the molecule is CCc1cc(C(=O)c2cc(C(C)(C)C)c(O)c(C(C)(C)C)c2)cn1S(=O)(=O)c1ccccc1. The number of phenols is 1. The molecule has 1 N–H and O–H groups in total. The molecular weight excluding hydrogens is 434 g/mol. The average molecular weight is 468 g/mol. The highest BCUT2D eigenvalue weighted by Crippen LogP contribution is 2.40.